The Kier molecular flexibility index (Phi) is 8.24. The highest BCUT2D eigenvalue weighted by atomic mass is 35.5. The second kappa shape index (κ2) is 12.3. The van der Waals surface area contributed by atoms with Crippen molar-refractivity contribution in [1.82, 2.24) is 19.8 Å². The summed E-state index contributed by atoms with van der Waals surface area (Å²) in [6.07, 6.45) is 4.49. The number of anilines is 2. The second-order valence-electron chi connectivity index (χ2n) is 13.1. The molecule has 4 aliphatic heterocycles. The molecule has 3 aromatic rings. The van der Waals surface area contributed by atoms with E-state index >= 15 is 0 Å². The van der Waals surface area contributed by atoms with Gasteiger partial charge in [0.1, 0.15) is 18.6 Å². The number of fused-ring (bicyclic) bond motifs is 3. The fourth-order valence-electron chi connectivity index (χ4n) is 8.17. The molecule has 240 valence electrons. The number of amides is 1. The topological polar surface area (TPSA) is 88.8 Å². The minimum absolute atomic E-state index is 0.0463. The first kappa shape index (κ1) is 30.7. The van der Waals surface area contributed by atoms with Gasteiger partial charge in [-0.2, -0.15) is 15.2 Å². The number of carbonyl (C=O) groups excluding carboxylic acids is 1. The van der Waals surface area contributed by atoms with Crippen molar-refractivity contribution in [3.8, 4) is 12.1 Å². The van der Waals surface area contributed by atoms with Crippen LogP contribution in [0, 0.1) is 11.3 Å². The Labute approximate surface area is 274 Å². The third-order valence-corrected chi connectivity index (χ3v) is 10.8. The van der Waals surface area contributed by atoms with E-state index in [0.29, 0.717) is 50.5 Å². The molecule has 7 rings (SSSR count). The van der Waals surface area contributed by atoms with Gasteiger partial charge in [-0.1, -0.05) is 42.4 Å². The maximum atomic E-state index is 14.5. The predicted molar refractivity (Wildman–Crippen MR) is 177 cm³/mol. The summed E-state index contributed by atoms with van der Waals surface area (Å²) in [5.74, 6) is 0.608. The normalized spacial score (nSPS) is 25.7. The van der Waals surface area contributed by atoms with Crippen molar-refractivity contribution >= 4 is 39.8 Å². The van der Waals surface area contributed by atoms with Gasteiger partial charge in [0.05, 0.1) is 35.3 Å². The van der Waals surface area contributed by atoms with E-state index in [1.54, 1.807) is 4.90 Å². The van der Waals surface area contributed by atoms with Crippen molar-refractivity contribution in [1.29, 1.82) is 5.26 Å². The van der Waals surface area contributed by atoms with Crippen LogP contribution in [-0.4, -0.2) is 89.3 Å². The van der Waals surface area contributed by atoms with Gasteiger partial charge in [-0.15, -0.1) is 0 Å². The van der Waals surface area contributed by atoms with Gasteiger partial charge in [0.2, 0.25) is 5.91 Å². The van der Waals surface area contributed by atoms with Crippen LogP contribution in [0.5, 0.6) is 6.01 Å². The summed E-state index contributed by atoms with van der Waals surface area (Å²) in [6, 6.07) is 14.5. The van der Waals surface area contributed by atoms with E-state index in [1.807, 2.05) is 19.2 Å². The molecule has 0 saturated carbocycles. The smallest absolute Gasteiger partial charge is 0.318 e. The van der Waals surface area contributed by atoms with Crippen LogP contribution in [0.2, 0.25) is 5.02 Å². The van der Waals surface area contributed by atoms with Crippen LogP contribution in [0.3, 0.4) is 0 Å². The molecule has 3 fully saturated rings. The molecule has 0 bridgehead atoms. The molecular formula is C35H39ClFN7O2. The maximum Gasteiger partial charge on any atom is 0.318 e. The molecule has 0 N–H and O–H groups in total. The highest BCUT2D eigenvalue weighted by Gasteiger charge is 2.49. The number of hydrogen-bond acceptors (Lipinski definition) is 8. The van der Waals surface area contributed by atoms with Gasteiger partial charge in [0.15, 0.2) is 0 Å². The molecule has 4 aliphatic rings. The Morgan fingerprint density at radius 2 is 2.09 bits per heavy atom. The Balaban J connectivity index is 1.23. The second-order valence-corrected chi connectivity index (χ2v) is 13.5. The average molecular weight is 644 g/mol. The number of alkyl halides is 1. The third-order valence-electron chi connectivity index (χ3n) is 10.5. The number of nitrogens with zero attached hydrogens (tertiary/aromatic N) is 7. The van der Waals surface area contributed by atoms with Crippen LogP contribution >= 0.6 is 11.6 Å². The number of hydrogen-bond donors (Lipinski definition) is 0. The first-order valence-corrected chi connectivity index (χ1v) is 16.5. The highest BCUT2D eigenvalue weighted by Crippen LogP contribution is 2.41. The Bertz CT molecular complexity index is 1710. The lowest BCUT2D eigenvalue weighted by atomic mass is 9.95. The van der Waals surface area contributed by atoms with E-state index < -0.39 is 6.17 Å². The molecule has 5 heterocycles. The van der Waals surface area contributed by atoms with E-state index in [9.17, 15) is 14.4 Å². The summed E-state index contributed by atoms with van der Waals surface area (Å²) < 4.78 is 20.9. The standard InChI is InChI=1S/C35H39ClFN7O2/c1-3-31(45)44-20-26(17-25(44)11-14-38)41(2)33-27-12-16-42(30-10-5-8-23-7-4-9-28(36)32(23)30)21-29(27)39-34(40-33)46-22-35-13-6-15-43(35)19-24(37)18-35/h3-5,7-10,24-26H,1,6,11-13,15-22H2,2H3/t24-,25+,26+,35+/m1/s1. The monoisotopic (exact) mass is 643 g/mol. The lowest BCUT2D eigenvalue weighted by Crippen LogP contribution is -2.44. The molecule has 46 heavy (non-hydrogen) atoms. The molecule has 0 aliphatic carbocycles. The van der Waals surface area contributed by atoms with Gasteiger partial charge >= 0.3 is 6.01 Å². The fourth-order valence-corrected chi connectivity index (χ4v) is 8.45. The van der Waals surface area contributed by atoms with Gasteiger partial charge in [0.25, 0.3) is 0 Å². The number of likely N-dealkylation sites (N-methyl/N-ethyl adjacent to an activating group) is 1. The van der Waals surface area contributed by atoms with Crippen LogP contribution in [-0.2, 0) is 17.8 Å². The third kappa shape index (κ3) is 5.43. The zero-order chi connectivity index (χ0) is 32.0. The highest BCUT2D eigenvalue weighted by molar-refractivity contribution is 6.36. The van der Waals surface area contributed by atoms with Crippen molar-refractivity contribution in [2.24, 2.45) is 0 Å². The molecule has 2 aromatic carbocycles. The molecule has 3 saturated heterocycles. The fraction of sp³-hybridized carbons (Fsp3) is 0.486. The summed E-state index contributed by atoms with van der Waals surface area (Å²) in [6.45, 7) is 7.12. The Morgan fingerprint density at radius 3 is 2.89 bits per heavy atom. The number of halogens is 2. The lowest BCUT2D eigenvalue weighted by molar-refractivity contribution is -0.126. The van der Waals surface area contributed by atoms with Crippen molar-refractivity contribution in [3.63, 3.8) is 0 Å². The van der Waals surface area contributed by atoms with E-state index in [4.69, 9.17) is 26.3 Å². The zero-order valence-electron chi connectivity index (χ0n) is 26.2. The van der Waals surface area contributed by atoms with E-state index in [1.165, 1.54) is 6.08 Å². The average Bonchev–Trinajstić information content (AvgIpc) is 3.74. The van der Waals surface area contributed by atoms with Crippen LogP contribution in [0.15, 0.2) is 49.1 Å². The van der Waals surface area contributed by atoms with Crippen LogP contribution in [0.4, 0.5) is 15.9 Å². The van der Waals surface area contributed by atoms with Crippen molar-refractivity contribution < 1.29 is 13.9 Å². The van der Waals surface area contributed by atoms with Gasteiger partial charge < -0.3 is 19.4 Å². The maximum absolute atomic E-state index is 14.5. The van der Waals surface area contributed by atoms with Crippen LogP contribution < -0.4 is 14.5 Å². The predicted octanol–water partition coefficient (Wildman–Crippen LogP) is 5.31. The van der Waals surface area contributed by atoms with Crippen molar-refractivity contribution in [2.45, 2.75) is 68.9 Å². The summed E-state index contributed by atoms with van der Waals surface area (Å²) in [5.41, 5.74) is 2.66. The van der Waals surface area contributed by atoms with Gasteiger partial charge in [-0.05, 0) is 55.8 Å². The van der Waals surface area contributed by atoms with Crippen LogP contribution in [0.25, 0.3) is 10.8 Å². The molecule has 1 amide bonds. The number of carbonyl (C=O) groups is 1. The minimum Gasteiger partial charge on any atom is -0.461 e. The quantitative estimate of drug-likeness (QED) is 0.306. The molecule has 11 heteroatoms. The first-order chi connectivity index (χ1) is 22.3. The zero-order valence-corrected chi connectivity index (χ0v) is 26.9. The number of ether oxygens (including phenoxy) is 1. The number of likely N-dealkylation sites (tertiary alicyclic amines) is 1. The molecule has 9 nitrogen and oxygen atoms in total. The largest absolute Gasteiger partial charge is 0.461 e. The lowest BCUT2D eigenvalue weighted by Gasteiger charge is -2.35. The summed E-state index contributed by atoms with van der Waals surface area (Å²) in [5, 5.41) is 12.3. The molecule has 0 radical (unpaired) electrons. The van der Waals surface area contributed by atoms with Gasteiger partial charge in [0, 0.05) is 61.8 Å². The SMILES string of the molecule is C=CC(=O)N1C[C@@H](N(C)c2nc(OC[C@@]34CCCN3C[C@H](F)C4)nc3c2CCN(c2cccc4cccc(Cl)c24)C3)C[C@@H]1CC#N. The number of nitriles is 1. The molecule has 4 atom stereocenters. The Hall–Kier alpha value is -3.94. The van der Waals surface area contributed by atoms with E-state index in [0.717, 1.165) is 59.5 Å². The Morgan fingerprint density at radius 1 is 1.26 bits per heavy atom. The van der Waals surface area contributed by atoms with E-state index in [-0.39, 0.29) is 36.0 Å². The van der Waals surface area contributed by atoms with Crippen molar-refractivity contribution in [3.05, 3.63) is 65.3 Å². The molecular weight excluding hydrogens is 605 g/mol. The summed E-state index contributed by atoms with van der Waals surface area (Å²) >= 11 is 6.72. The number of aromatic nitrogens is 2. The van der Waals surface area contributed by atoms with Crippen molar-refractivity contribution in [2.75, 3.05) is 49.6 Å². The summed E-state index contributed by atoms with van der Waals surface area (Å²) in [7, 11) is 2.00. The minimum atomic E-state index is -0.846. The van der Waals surface area contributed by atoms with Crippen LogP contribution in [0.1, 0.15) is 43.4 Å². The van der Waals surface area contributed by atoms with E-state index in [2.05, 4.69) is 51.6 Å². The van der Waals surface area contributed by atoms with Gasteiger partial charge in [-0.25, -0.2) is 4.39 Å². The first-order valence-electron chi connectivity index (χ1n) is 16.2. The summed E-state index contributed by atoms with van der Waals surface area (Å²) in [4.78, 5) is 31.1. The molecule has 1 aromatic heterocycles. The number of rotatable bonds is 8. The number of benzene rings is 2. The molecule has 0 unspecified atom stereocenters. The van der Waals surface area contributed by atoms with Gasteiger partial charge in [-0.3, -0.25) is 9.69 Å². The molecule has 0 spiro atoms.